The molecule has 0 aliphatic heterocycles. The van der Waals surface area contributed by atoms with E-state index in [1.807, 2.05) is 24.3 Å². The highest BCUT2D eigenvalue weighted by atomic mass is 32.1. The number of nitrogens with zero attached hydrogens (tertiary/aromatic N) is 5. The molecule has 0 bridgehead atoms. The fourth-order valence-electron chi connectivity index (χ4n) is 4.68. The van der Waals surface area contributed by atoms with Crippen LogP contribution in [-0.4, -0.2) is 30.1 Å². The van der Waals surface area contributed by atoms with Gasteiger partial charge >= 0.3 is 0 Å². The summed E-state index contributed by atoms with van der Waals surface area (Å²) in [6.07, 6.45) is 1.65. The first-order valence-corrected chi connectivity index (χ1v) is 12.9. The van der Waals surface area contributed by atoms with Gasteiger partial charge in [-0.05, 0) is 88.5 Å². The average molecular weight is 503 g/mol. The molecule has 36 heavy (non-hydrogen) atoms. The van der Waals surface area contributed by atoms with Crippen molar-refractivity contribution in [3.05, 3.63) is 97.6 Å². The maximum atomic E-state index is 13.2. The van der Waals surface area contributed by atoms with Crippen LogP contribution in [0.25, 0.3) is 10.9 Å². The summed E-state index contributed by atoms with van der Waals surface area (Å²) >= 11 is 1.71. The maximum absolute atomic E-state index is 13.2. The molecule has 1 unspecified atom stereocenters. The number of nitrogens with one attached hydrogen (secondary N) is 1. The Kier molecular flexibility index (Phi) is 6.84. The van der Waals surface area contributed by atoms with Crippen LogP contribution in [0.3, 0.4) is 0 Å². The monoisotopic (exact) mass is 502 g/mol. The third kappa shape index (κ3) is 5.03. The molecule has 1 aromatic carbocycles. The van der Waals surface area contributed by atoms with E-state index >= 15 is 0 Å². The number of fused-ring (bicyclic) bond motifs is 1. The van der Waals surface area contributed by atoms with Gasteiger partial charge in [0.25, 0.3) is 5.56 Å². The lowest BCUT2D eigenvalue weighted by atomic mass is 10.00. The predicted molar refractivity (Wildman–Crippen MR) is 141 cm³/mol. The van der Waals surface area contributed by atoms with E-state index in [0.717, 1.165) is 33.6 Å². The minimum absolute atomic E-state index is 0.0698. The number of H-pyrrole nitrogens is 1. The van der Waals surface area contributed by atoms with Crippen LogP contribution >= 0.6 is 11.3 Å². The maximum Gasteiger partial charge on any atom is 0.252 e. The lowest BCUT2D eigenvalue weighted by Crippen LogP contribution is -2.35. The zero-order valence-corrected chi connectivity index (χ0v) is 21.7. The summed E-state index contributed by atoms with van der Waals surface area (Å²) in [5, 5.41) is 15.8. The van der Waals surface area contributed by atoms with Crippen LogP contribution in [0.5, 0.6) is 0 Å². The molecule has 4 heterocycles. The van der Waals surface area contributed by atoms with Crippen molar-refractivity contribution >= 4 is 22.2 Å². The average Bonchev–Trinajstić information content (AvgIpc) is 3.61. The van der Waals surface area contributed by atoms with Crippen LogP contribution in [0.1, 0.15) is 53.0 Å². The van der Waals surface area contributed by atoms with Gasteiger partial charge < -0.3 is 9.40 Å². The predicted octanol–water partition coefficient (Wildman–Crippen LogP) is 5.23. The van der Waals surface area contributed by atoms with Crippen molar-refractivity contribution in [2.24, 2.45) is 5.92 Å². The number of pyridine rings is 1. The van der Waals surface area contributed by atoms with Crippen LogP contribution < -0.4 is 5.56 Å². The van der Waals surface area contributed by atoms with Gasteiger partial charge in [0.1, 0.15) is 12.3 Å². The summed E-state index contributed by atoms with van der Waals surface area (Å²) in [6.45, 7) is 10.1. The van der Waals surface area contributed by atoms with Crippen molar-refractivity contribution in [1.82, 2.24) is 30.1 Å². The van der Waals surface area contributed by atoms with Crippen LogP contribution in [0.2, 0.25) is 0 Å². The number of rotatable bonds is 9. The number of thiophene rings is 1. The highest BCUT2D eigenvalue weighted by Gasteiger charge is 2.30. The van der Waals surface area contributed by atoms with E-state index in [0.29, 0.717) is 19.6 Å². The standard InChI is InChI=1S/C27H30N6O2S/c1-17(2)25(26-29-30-31-33(26)15-22-7-5-9-35-22)32(16-23-8-6-10-36-23)14-21-13-20-11-18(3)19(4)12-24(20)28-27(21)34/h5-13,17,25H,14-16H2,1-4H3,(H,28,34). The second-order valence-electron chi connectivity index (χ2n) is 9.59. The number of tetrazole rings is 1. The highest BCUT2D eigenvalue weighted by Crippen LogP contribution is 2.31. The lowest BCUT2D eigenvalue weighted by Gasteiger charge is -2.33. The summed E-state index contributed by atoms with van der Waals surface area (Å²) in [5.74, 6) is 1.73. The Morgan fingerprint density at radius 1 is 1.11 bits per heavy atom. The normalized spacial score (nSPS) is 12.7. The van der Waals surface area contributed by atoms with Crippen LogP contribution in [0, 0.1) is 19.8 Å². The summed E-state index contributed by atoms with van der Waals surface area (Å²) in [4.78, 5) is 19.8. The molecule has 0 aliphatic rings. The summed E-state index contributed by atoms with van der Waals surface area (Å²) < 4.78 is 7.34. The molecule has 0 spiro atoms. The van der Waals surface area contributed by atoms with E-state index in [1.54, 1.807) is 22.3 Å². The minimum atomic E-state index is -0.119. The second-order valence-corrected chi connectivity index (χ2v) is 10.6. The molecule has 4 aromatic heterocycles. The zero-order valence-electron chi connectivity index (χ0n) is 20.9. The van der Waals surface area contributed by atoms with Crippen molar-refractivity contribution in [3.63, 3.8) is 0 Å². The molecule has 1 N–H and O–H groups in total. The van der Waals surface area contributed by atoms with Gasteiger partial charge in [0.2, 0.25) is 0 Å². The van der Waals surface area contributed by atoms with E-state index < -0.39 is 0 Å². The molecule has 1 atom stereocenters. The molecule has 186 valence electrons. The third-order valence-corrected chi connectivity index (χ3v) is 7.44. The fourth-order valence-corrected chi connectivity index (χ4v) is 5.41. The van der Waals surface area contributed by atoms with Gasteiger partial charge in [-0.1, -0.05) is 19.9 Å². The zero-order chi connectivity index (χ0) is 25.2. The number of hydrogen-bond donors (Lipinski definition) is 1. The number of aryl methyl sites for hydroxylation is 2. The van der Waals surface area contributed by atoms with Crippen molar-refractivity contribution in [2.45, 2.75) is 53.4 Å². The quantitative estimate of drug-likeness (QED) is 0.297. The lowest BCUT2D eigenvalue weighted by molar-refractivity contribution is 0.127. The molecular weight excluding hydrogens is 472 g/mol. The number of furan rings is 1. The Hall–Kier alpha value is -3.56. The van der Waals surface area contributed by atoms with Gasteiger partial charge in [-0.15, -0.1) is 16.4 Å². The van der Waals surface area contributed by atoms with E-state index in [2.05, 4.69) is 76.7 Å². The molecule has 0 fully saturated rings. The van der Waals surface area contributed by atoms with Crippen molar-refractivity contribution in [1.29, 1.82) is 0 Å². The minimum Gasteiger partial charge on any atom is -0.467 e. The first-order chi connectivity index (χ1) is 17.4. The molecule has 0 radical (unpaired) electrons. The van der Waals surface area contributed by atoms with E-state index in [1.165, 1.54) is 10.4 Å². The Morgan fingerprint density at radius 2 is 1.94 bits per heavy atom. The number of aromatic nitrogens is 5. The van der Waals surface area contributed by atoms with Crippen LogP contribution in [-0.2, 0) is 19.6 Å². The van der Waals surface area contributed by atoms with Gasteiger partial charge in [-0.3, -0.25) is 9.69 Å². The summed E-state index contributed by atoms with van der Waals surface area (Å²) in [7, 11) is 0. The Morgan fingerprint density at radius 3 is 2.67 bits per heavy atom. The molecule has 0 aliphatic carbocycles. The highest BCUT2D eigenvalue weighted by molar-refractivity contribution is 7.09. The smallest absolute Gasteiger partial charge is 0.252 e. The molecule has 0 saturated heterocycles. The Labute approximate surface area is 213 Å². The third-order valence-electron chi connectivity index (χ3n) is 6.58. The molecular formula is C27H30N6O2S. The van der Waals surface area contributed by atoms with Gasteiger partial charge in [0.15, 0.2) is 5.82 Å². The van der Waals surface area contributed by atoms with Crippen molar-refractivity contribution in [3.8, 4) is 0 Å². The Bertz CT molecular complexity index is 1500. The number of aromatic amines is 1. The van der Waals surface area contributed by atoms with E-state index in [4.69, 9.17) is 4.42 Å². The first kappa shape index (κ1) is 24.1. The van der Waals surface area contributed by atoms with Gasteiger partial charge in [0, 0.05) is 29.0 Å². The van der Waals surface area contributed by atoms with Crippen LogP contribution in [0.15, 0.2) is 63.3 Å². The van der Waals surface area contributed by atoms with Gasteiger partial charge in [-0.2, -0.15) is 0 Å². The first-order valence-electron chi connectivity index (χ1n) is 12.1. The van der Waals surface area contributed by atoms with E-state index in [-0.39, 0.29) is 17.5 Å². The summed E-state index contributed by atoms with van der Waals surface area (Å²) in [5.41, 5.74) is 3.87. The van der Waals surface area contributed by atoms with Gasteiger partial charge in [-0.25, -0.2) is 4.68 Å². The molecule has 0 saturated carbocycles. The molecule has 9 heteroatoms. The Balaban J connectivity index is 1.55. The summed E-state index contributed by atoms with van der Waals surface area (Å²) in [6, 6.07) is 14.0. The van der Waals surface area contributed by atoms with E-state index in [9.17, 15) is 4.79 Å². The topological polar surface area (TPSA) is 92.8 Å². The van der Waals surface area contributed by atoms with Crippen LogP contribution in [0.4, 0.5) is 0 Å². The molecule has 0 amide bonds. The fraction of sp³-hybridized carbons (Fsp3) is 0.333. The second kappa shape index (κ2) is 10.2. The SMILES string of the molecule is Cc1cc2cc(CN(Cc3cccs3)C(c3nnnn3Cc3ccco3)C(C)C)c(=O)[nH]c2cc1C. The molecule has 8 nitrogen and oxygen atoms in total. The van der Waals surface area contributed by atoms with Crippen molar-refractivity contribution < 1.29 is 4.42 Å². The molecule has 5 rings (SSSR count). The number of hydrogen-bond acceptors (Lipinski definition) is 7. The van der Waals surface area contributed by atoms with Crippen molar-refractivity contribution in [2.75, 3.05) is 0 Å². The van der Waals surface area contributed by atoms with Gasteiger partial charge in [0.05, 0.1) is 12.3 Å². The molecule has 5 aromatic rings. The number of benzene rings is 1. The largest absolute Gasteiger partial charge is 0.467 e.